The molecule has 2 aromatic rings. The molecule has 0 spiro atoms. The highest BCUT2D eigenvalue weighted by Crippen LogP contribution is 2.22. The molecule has 1 unspecified atom stereocenters. The summed E-state index contributed by atoms with van der Waals surface area (Å²) in [6.45, 7) is 2.05. The first-order chi connectivity index (χ1) is 9.08. The number of fused-ring (bicyclic) bond motifs is 1. The number of benzene rings is 2. The summed E-state index contributed by atoms with van der Waals surface area (Å²) in [4.78, 5) is 10.8. The van der Waals surface area contributed by atoms with E-state index in [0.29, 0.717) is 6.42 Å². The molecule has 2 atom stereocenters. The average molecular weight is 257 g/mol. The zero-order valence-corrected chi connectivity index (χ0v) is 11.0. The minimum absolute atomic E-state index is 0.247. The summed E-state index contributed by atoms with van der Waals surface area (Å²) in [5.74, 6) is -0.679. The predicted octanol–water partition coefficient (Wildman–Crippen LogP) is 2.82. The molecule has 0 saturated heterocycles. The molecule has 0 heterocycles. The van der Waals surface area contributed by atoms with E-state index in [2.05, 4.69) is 24.3 Å². The molecule has 2 aromatic carbocycles. The lowest BCUT2D eigenvalue weighted by atomic mass is 9.92. The lowest BCUT2D eigenvalue weighted by Gasteiger charge is -2.15. The van der Waals surface area contributed by atoms with Gasteiger partial charge in [0, 0.05) is 0 Å². The van der Waals surface area contributed by atoms with Crippen LogP contribution in [-0.4, -0.2) is 17.1 Å². The van der Waals surface area contributed by atoms with Gasteiger partial charge in [0.05, 0.1) is 0 Å². The molecule has 0 bridgehead atoms. The second-order valence-electron chi connectivity index (χ2n) is 5.13. The van der Waals surface area contributed by atoms with E-state index in [1.807, 2.05) is 25.1 Å². The minimum Gasteiger partial charge on any atom is -0.480 e. The summed E-state index contributed by atoms with van der Waals surface area (Å²) < 4.78 is 0. The van der Waals surface area contributed by atoms with Crippen LogP contribution in [0.5, 0.6) is 0 Å². The summed E-state index contributed by atoms with van der Waals surface area (Å²) in [5.41, 5.74) is 6.84. The zero-order chi connectivity index (χ0) is 13.8. The van der Waals surface area contributed by atoms with Crippen molar-refractivity contribution in [3.05, 3.63) is 48.0 Å². The van der Waals surface area contributed by atoms with E-state index < -0.39 is 12.0 Å². The number of carbonyl (C=O) groups is 1. The molecule has 0 aliphatic rings. The van der Waals surface area contributed by atoms with Gasteiger partial charge in [0.1, 0.15) is 6.04 Å². The van der Waals surface area contributed by atoms with Crippen molar-refractivity contribution in [2.75, 3.05) is 0 Å². The molecule has 3 nitrogen and oxygen atoms in total. The van der Waals surface area contributed by atoms with E-state index in [1.165, 1.54) is 16.3 Å². The summed E-state index contributed by atoms with van der Waals surface area (Å²) in [7, 11) is 0. The maximum Gasteiger partial charge on any atom is 0.320 e. The van der Waals surface area contributed by atoms with Crippen LogP contribution >= 0.6 is 0 Å². The number of hydrogen-bond acceptors (Lipinski definition) is 2. The number of carboxylic acids is 1. The highest BCUT2D eigenvalue weighted by molar-refractivity contribution is 5.85. The highest BCUT2D eigenvalue weighted by atomic mass is 16.4. The molecule has 2 rings (SSSR count). The molecule has 100 valence electrons. The topological polar surface area (TPSA) is 63.3 Å². The molecular formula is C16H19NO2. The van der Waals surface area contributed by atoms with Crippen molar-refractivity contribution in [1.82, 2.24) is 0 Å². The van der Waals surface area contributed by atoms with Gasteiger partial charge in [-0.15, -0.1) is 0 Å². The fourth-order valence-electron chi connectivity index (χ4n) is 2.46. The van der Waals surface area contributed by atoms with Crippen molar-refractivity contribution in [2.24, 2.45) is 11.7 Å². The fourth-order valence-corrected chi connectivity index (χ4v) is 2.46. The predicted molar refractivity (Wildman–Crippen MR) is 77.0 cm³/mol. The summed E-state index contributed by atoms with van der Waals surface area (Å²) in [5, 5.41) is 11.3. The van der Waals surface area contributed by atoms with Gasteiger partial charge in [0.25, 0.3) is 0 Å². The van der Waals surface area contributed by atoms with E-state index in [1.54, 1.807) is 0 Å². The minimum atomic E-state index is -0.926. The van der Waals surface area contributed by atoms with Crippen LogP contribution in [0.1, 0.15) is 18.9 Å². The van der Waals surface area contributed by atoms with Crippen molar-refractivity contribution < 1.29 is 9.90 Å². The van der Waals surface area contributed by atoms with Crippen LogP contribution in [0.25, 0.3) is 10.8 Å². The third-order valence-electron chi connectivity index (χ3n) is 3.42. The molecule has 0 saturated carbocycles. The molecule has 19 heavy (non-hydrogen) atoms. The van der Waals surface area contributed by atoms with Crippen LogP contribution in [-0.2, 0) is 11.2 Å². The zero-order valence-electron chi connectivity index (χ0n) is 11.0. The molecule has 0 amide bonds. The maximum atomic E-state index is 10.8. The van der Waals surface area contributed by atoms with Gasteiger partial charge in [-0.3, -0.25) is 4.79 Å². The van der Waals surface area contributed by atoms with Crippen LogP contribution in [0, 0.1) is 5.92 Å². The Hall–Kier alpha value is -1.87. The monoisotopic (exact) mass is 257 g/mol. The second kappa shape index (κ2) is 5.85. The van der Waals surface area contributed by atoms with Crippen LogP contribution in [0.4, 0.5) is 0 Å². The Kier molecular flexibility index (Phi) is 4.17. The number of hydrogen-bond donors (Lipinski definition) is 2. The van der Waals surface area contributed by atoms with Gasteiger partial charge in [0.15, 0.2) is 0 Å². The first kappa shape index (κ1) is 13.6. The Morgan fingerprint density at radius 3 is 2.63 bits per heavy atom. The Morgan fingerprint density at radius 2 is 1.89 bits per heavy atom. The van der Waals surface area contributed by atoms with Gasteiger partial charge in [-0.1, -0.05) is 49.4 Å². The quantitative estimate of drug-likeness (QED) is 0.865. The average Bonchev–Trinajstić information content (AvgIpc) is 2.39. The molecule has 0 aliphatic carbocycles. The molecule has 0 radical (unpaired) electrons. The Balaban J connectivity index is 2.15. The van der Waals surface area contributed by atoms with Gasteiger partial charge in [-0.05, 0) is 35.1 Å². The van der Waals surface area contributed by atoms with Crippen molar-refractivity contribution in [3.8, 4) is 0 Å². The standard InChI is InChI=1S/C16H19NO2/c1-11(10-15(17)16(18)19)9-13-7-4-6-12-5-2-3-8-14(12)13/h2-8,11,15H,9-10,17H2,1H3,(H,18,19)/t11?,15-/m0/s1. The number of aliphatic carboxylic acids is 1. The molecule has 0 fully saturated rings. The first-order valence-corrected chi connectivity index (χ1v) is 6.53. The molecule has 0 aromatic heterocycles. The van der Waals surface area contributed by atoms with Gasteiger partial charge in [0.2, 0.25) is 0 Å². The van der Waals surface area contributed by atoms with Crippen molar-refractivity contribution in [3.63, 3.8) is 0 Å². The molecule has 0 aliphatic heterocycles. The van der Waals surface area contributed by atoms with E-state index >= 15 is 0 Å². The van der Waals surface area contributed by atoms with E-state index in [9.17, 15) is 4.79 Å². The third-order valence-corrected chi connectivity index (χ3v) is 3.42. The SMILES string of the molecule is CC(Cc1cccc2ccccc12)C[C@H](N)C(=O)O. The molecule has 3 heteroatoms. The summed E-state index contributed by atoms with van der Waals surface area (Å²) in [6, 6.07) is 13.7. The van der Waals surface area contributed by atoms with E-state index in [0.717, 1.165) is 6.42 Å². The van der Waals surface area contributed by atoms with Crippen LogP contribution in [0.2, 0.25) is 0 Å². The number of nitrogens with two attached hydrogens (primary N) is 1. The summed E-state index contributed by atoms with van der Waals surface area (Å²) in [6.07, 6.45) is 1.35. The van der Waals surface area contributed by atoms with Crippen molar-refractivity contribution in [2.45, 2.75) is 25.8 Å². The van der Waals surface area contributed by atoms with Crippen LogP contribution < -0.4 is 5.73 Å². The number of rotatable bonds is 5. The largest absolute Gasteiger partial charge is 0.480 e. The molecule has 3 N–H and O–H groups in total. The summed E-state index contributed by atoms with van der Waals surface area (Å²) >= 11 is 0. The van der Waals surface area contributed by atoms with Gasteiger partial charge in [-0.25, -0.2) is 0 Å². The van der Waals surface area contributed by atoms with E-state index in [4.69, 9.17) is 10.8 Å². The maximum absolute atomic E-state index is 10.8. The fraction of sp³-hybridized carbons (Fsp3) is 0.312. The first-order valence-electron chi connectivity index (χ1n) is 6.53. The Morgan fingerprint density at radius 1 is 1.21 bits per heavy atom. The van der Waals surface area contributed by atoms with E-state index in [-0.39, 0.29) is 5.92 Å². The van der Waals surface area contributed by atoms with Crippen molar-refractivity contribution in [1.29, 1.82) is 0 Å². The second-order valence-corrected chi connectivity index (χ2v) is 5.13. The van der Waals surface area contributed by atoms with Crippen LogP contribution in [0.15, 0.2) is 42.5 Å². The smallest absolute Gasteiger partial charge is 0.320 e. The van der Waals surface area contributed by atoms with Gasteiger partial charge < -0.3 is 10.8 Å². The normalized spacial score (nSPS) is 14.2. The van der Waals surface area contributed by atoms with Gasteiger partial charge >= 0.3 is 5.97 Å². The third kappa shape index (κ3) is 3.32. The Labute approximate surface area is 113 Å². The van der Waals surface area contributed by atoms with Crippen molar-refractivity contribution >= 4 is 16.7 Å². The highest BCUT2D eigenvalue weighted by Gasteiger charge is 2.16. The lowest BCUT2D eigenvalue weighted by Crippen LogP contribution is -2.32. The number of carboxylic acid groups (broad SMARTS) is 1. The Bertz CT molecular complexity index is 574. The van der Waals surface area contributed by atoms with Gasteiger partial charge in [-0.2, -0.15) is 0 Å². The molecular weight excluding hydrogens is 238 g/mol. The van der Waals surface area contributed by atoms with Crippen LogP contribution in [0.3, 0.4) is 0 Å². The lowest BCUT2D eigenvalue weighted by molar-refractivity contribution is -0.138.